The van der Waals surface area contributed by atoms with E-state index in [2.05, 4.69) is 0 Å². The number of alkyl halides is 3. The first-order valence-electron chi connectivity index (χ1n) is 5.58. The molecule has 1 aliphatic rings. The van der Waals surface area contributed by atoms with Crippen molar-refractivity contribution in [3.05, 3.63) is 23.7 Å². The van der Waals surface area contributed by atoms with Crippen LogP contribution in [0.3, 0.4) is 0 Å². The molecule has 2 rings (SSSR count). The Bertz CT molecular complexity index is 421. The zero-order chi connectivity index (χ0) is 13.2. The van der Waals surface area contributed by atoms with Crippen molar-refractivity contribution in [1.29, 1.82) is 0 Å². The fourth-order valence-electron chi connectivity index (χ4n) is 1.82. The van der Waals surface area contributed by atoms with E-state index in [4.69, 9.17) is 9.15 Å². The Morgan fingerprint density at radius 3 is 2.56 bits per heavy atom. The maximum Gasteiger partial charge on any atom is 0.458 e. The maximum absolute atomic E-state index is 12.2. The molecule has 0 radical (unpaired) electrons. The summed E-state index contributed by atoms with van der Waals surface area (Å²) >= 11 is 0. The summed E-state index contributed by atoms with van der Waals surface area (Å²) in [7, 11) is 0. The lowest BCUT2D eigenvalue weighted by atomic mass is 10.3. The van der Waals surface area contributed by atoms with E-state index >= 15 is 0 Å². The van der Waals surface area contributed by atoms with Gasteiger partial charge in [-0.25, -0.2) is 0 Å². The summed E-state index contributed by atoms with van der Waals surface area (Å²) in [5, 5.41) is 0. The number of carbonyl (C=O) groups excluding carboxylic acids is 1. The Morgan fingerprint density at radius 2 is 1.94 bits per heavy atom. The molecule has 1 aliphatic heterocycles. The number of carbonyl (C=O) groups is 1. The Kier molecular flexibility index (Phi) is 3.72. The number of quaternary nitrogens is 1. The first-order valence-corrected chi connectivity index (χ1v) is 5.58. The van der Waals surface area contributed by atoms with Gasteiger partial charge in [-0.2, -0.15) is 13.2 Å². The molecule has 0 spiro atoms. The number of hydrogen-bond donors (Lipinski definition) is 1. The molecule has 0 saturated carbocycles. The van der Waals surface area contributed by atoms with Crippen LogP contribution in [0.4, 0.5) is 13.2 Å². The Morgan fingerprint density at radius 1 is 1.28 bits per heavy atom. The van der Waals surface area contributed by atoms with Gasteiger partial charge in [-0.05, 0) is 12.1 Å². The Balaban J connectivity index is 1.99. The van der Waals surface area contributed by atoms with Gasteiger partial charge in [0.05, 0.1) is 13.2 Å². The molecule has 0 aromatic carbocycles. The van der Waals surface area contributed by atoms with Crippen LogP contribution in [0.25, 0.3) is 0 Å². The van der Waals surface area contributed by atoms with Gasteiger partial charge >= 0.3 is 12.0 Å². The lowest BCUT2D eigenvalue weighted by molar-refractivity contribution is -0.922. The monoisotopic (exact) mass is 264 g/mol. The third kappa shape index (κ3) is 3.11. The van der Waals surface area contributed by atoms with E-state index < -0.39 is 17.7 Å². The van der Waals surface area contributed by atoms with Gasteiger partial charge in [0.1, 0.15) is 19.6 Å². The number of halogens is 3. The second-order valence-electron chi connectivity index (χ2n) is 4.13. The van der Waals surface area contributed by atoms with Crippen LogP contribution in [-0.4, -0.2) is 38.3 Å². The molecule has 0 atom stereocenters. The van der Waals surface area contributed by atoms with Crippen LogP contribution in [0, 0.1) is 0 Å². The van der Waals surface area contributed by atoms with Crippen LogP contribution < -0.4 is 4.90 Å². The number of ketones is 1. The molecule has 1 fully saturated rings. The number of nitrogens with one attached hydrogen (secondary N) is 1. The summed E-state index contributed by atoms with van der Waals surface area (Å²) in [6.07, 6.45) is -4.89. The molecule has 1 aromatic rings. The number of hydrogen-bond acceptors (Lipinski definition) is 3. The molecule has 1 aromatic heterocycles. The second kappa shape index (κ2) is 5.11. The van der Waals surface area contributed by atoms with Crippen molar-refractivity contribution in [2.24, 2.45) is 0 Å². The summed E-state index contributed by atoms with van der Waals surface area (Å²) in [5.74, 6) is -2.20. The third-order valence-electron chi connectivity index (χ3n) is 2.77. The van der Waals surface area contributed by atoms with Gasteiger partial charge in [0.25, 0.3) is 0 Å². The third-order valence-corrected chi connectivity index (χ3v) is 2.77. The van der Waals surface area contributed by atoms with Crippen LogP contribution in [0.5, 0.6) is 0 Å². The van der Waals surface area contributed by atoms with Crippen molar-refractivity contribution in [1.82, 2.24) is 0 Å². The SMILES string of the molecule is O=C(c1ccc(C[NH+]2CCOCC2)o1)C(F)(F)F. The van der Waals surface area contributed by atoms with Crippen molar-refractivity contribution in [3.8, 4) is 0 Å². The molecule has 0 aliphatic carbocycles. The summed E-state index contributed by atoms with van der Waals surface area (Å²) in [4.78, 5) is 12.1. The number of furan rings is 1. The maximum atomic E-state index is 12.2. The normalized spacial score (nSPS) is 17.9. The van der Waals surface area contributed by atoms with Crippen LogP contribution in [0.2, 0.25) is 0 Å². The summed E-state index contributed by atoms with van der Waals surface area (Å²) in [6, 6.07) is 2.49. The molecule has 18 heavy (non-hydrogen) atoms. The summed E-state index contributed by atoms with van der Waals surface area (Å²) in [6.45, 7) is 3.29. The van der Waals surface area contributed by atoms with Crippen LogP contribution in [-0.2, 0) is 11.3 Å². The summed E-state index contributed by atoms with van der Waals surface area (Å²) in [5.41, 5.74) is 0. The van der Waals surface area contributed by atoms with Gasteiger partial charge < -0.3 is 14.1 Å². The van der Waals surface area contributed by atoms with E-state index in [1.54, 1.807) is 0 Å². The van der Waals surface area contributed by atoms with E-state index in [-0.39, 0.29) is 0 Å². The predicted octanol–water partition coefficient (Wildman–Crippen LogP) is 0.440. The largest absolute Gasteiger partial charge is 0.458 e. The number of Topliss-reactive ketones (excluding diaryl/α,β-unsaturated/α-hetero) is 1. The van der Waals surface area contributed by atoms with E-state index in [1.165, 1.54) is 11.0 Å². The lowest BCUT2D eigenvalue weighted by Gasteiger charge is -2.22. The molecular formula is C11H13F3NO3+. The topological polar surface area (TPSA) is 43.9 Å². The van der Waals surface area contributed by atoms with E-state index in [0.29, 0.717) is 25.5 Å². The average molecular weight is 264 g/mol. The minimum atomic E-state index is -4.89. The highest BCUT2D eigenvalue weighted by molar-refractivity contribution is 5.97. The van der Waals surface area contributed by atoms with Crippen LogP contribution >= 0.6 is 0 Å². The van der Waals surface area contributed by atoms with Gasteiger partial charge in [-0.3, -0.25) is 4.79 Å². The quantitative estimate of drug-likeness (QED) is 0.806. The van der Waals surface area contributed by atoms with Gasteiger partial charge in [0.2, 0.25) is 0 Å². The lowest BCUT2D eigenvalue weighted by Crippen LogP contribution is -3.12. The molecule has 0 bridgehead atoms. The van der Waals surface area contributed by atoms with Crippen molar-refractivity contribution in [2.45, 2.75) is 12.7 Å². The van der Waals surface area contributed by atoms with Crippen molar-refractivity contribution < 1.29 is 32.0 Å². The fourth-order valence-corrected chi connectivity index (χ4v) is 1.82. The van der Waals surface area contributed by atoms with Crippen LogP contribution in [0.1, 0.15) is 16.3 Å². The highest BCUT2D eigenvalue weighted by Crippen LogP contribution is 2.22. The highest BCUT2D eigenvalue weighted by atomic mass is 19.4. The number of ether oxygens (including phenoxy) is 1. The highest BCUT2D eigenvalue weighted by Gasteiger charge is 2.41. The predicted molar refractivity (Wildman–Crippen MR) is 54.3 cm³/mol. The summed E-state index contributed by atoms with van der Waals surface area (Å²) < 4.78 is 46.6. The smallest absolute Gasteiger partial charge is 0.452 e. The van der Waals surface area contributed by atoms with Crippen molar-refractivity contribution in [3.63, 3.8) is 0 Å². The standard InChI is InChI=1S/C11H12F3NO3/c12-11(13,14)10(16)9-2-1-8(18-9)7-15-3-5-17-6-4-15/h1-2H,3-7H2/p+1. The molecule has 0 unspecified atom stereocenters. The molecule has 100 valence electrons. The first kappa shape index (κ1) is 13.1. The Labute approximate surface area is 101 Å². The number of morpholine rings is 1. The molecule has 4 nitrogen and oxygen atoms in total. The van der Waals surface area contributed by atoms with Crippen LogP contribution in [0.15, 0.2) is 16.5 Å². The first-order chi connectivity index (χ1) is 8.47. The van der Waals surface area contributed by atoms with Gasteiger partial charge in [0, 0.05) is 0 Å². The Hall–Kier alpha value is -1.34. The zero-order valence-corrected chi connectivity index (χ0v) is 9.55. The van der Waals surface area contributed by atoms with Gasteiger partial charge in [-0.1, -0.05) is 0 Å². The zero-order valence-electron chi connectivity index (χ0n) is 9.55. The second-order valence-corrected chi connectivity index (χ2v) is 4.13. The average Bonchev–Trinajstić information content (AvgIpc) is 2.76. The molecule has 0 amide bonds. The van der Waals surface area contributed by atoms with Gasteiger partial charge in [0.15, 0.2) is 11.5 Å². The molecular weight excluding hydrogens is 251 g/mol. The molecule has 2 heterocycles. The molecule has 7 heteroatoms. The van der Waals surface area contributed by atoms with E-state index in [0.717, 1.165) is 19.2 Å². The minimum absolute atomic E-state index is 0.388. The van der Waals surface area contributed by atoms with Crippen molar-refractivity contribution >= 4 is 5.78 Å². The van der Waals surface area contributed by atoms with E-state index in [1.807, 2.05) is 0 Å². The van der Waals surface area contributed by atoms with Crippen molar-refractivity contribution in [2.75, 3.05) is 26.3 Å². The molecule has 1 saturated heterocycles. The minimum Gasteiger partial charge on any atom is -0.452 e. The molecule has 1 N–H and O–H groups in total. The fraction of sp³-hybridized carbons (Fsp3) is 0.545. The number of rotatable bonds is 3. The van der Waals surface area contributed by atoms with E-state index in [9.17, 15) is 18.0 Å². The van der Waals surface area contributed by atoms with Gasteiger partial charge in [-0.15, -0.1) is 0 Å².